The van der Waals surface area contributed by atoms with E-state index in [4.69, 9.17) is 4.99 Å². The van der Waals surface area contributed by atoms with Crippen LogP contribution in [0.1, 0.15) is 37.9 Å². The van der Waals surface area contributed by atoms with E-state index >= 15 is 0 Å². The summed E-state index contributed by atoms with van der Waals surface area (Å²) >= 11 is 0. The van der Waals surface area contributed by atoms with E-state index in [1.54, 1.807) is 13.0 Å². The number of aryl methyl sites for hydroxylation is 1. The third kappa shape index (κ3) is 8.21. The molecule has 1 aliphatic rings. The Bertz CT molecular complexity index is 617. The second-order valence-electron chi connectivity index (χ2n) is 7.80. The fourth-order valence-corrected chi connectivity index (χ4v) is 3.26. The van der Waals surface area contributed by atoms with E-state index < -0.39 is 0 Å². The van der Waals surface area contributed by atoms with Crippen LogP contribution < -0.4 is 10.6 Å². The summed E-state index contributed by atoms with van der Waals surface area (Å²) in [5.74, 6) is 1.12. The lowest BCUT2D eigenvalue weighted by molar-refractivity contribution is 0.140. The minimum atomic E-state index is -0.163. The molecule has 5 nitrogen and oxygen atoms in total. The maximum absolute atomic E-state index is 13.8. The van der Waals surface area contributed by atoms with Crippen LogP contribution in [0.15, 0.2) is 23.2 Å². The van der Waals surface area contributed by atoms with Crippen LogP contribution >= 0.6 is 24.0 Å². The predicted molar refractivity (Wildman–Crippen MR) is 127 cm³/mol. The first kappa shape index (κ1) is 25.1. The van der Waals surface area contributed by atoms with Crippen LogP contribution in [-0.4, -0.2) is 68.6 Å². The number of aliphatic imine (C=N–C) groups is 1. The Kier molecular flexibility index (Phi) is 11.3. The number of nitrogens with one attached hydrogen (secondary N) is 2. The predicted octanol–water partition coefficient (Wildman–Crippen LogP) is 3.25. The molecule has 0 spiro atoms. The van der Waals surface area contributed by atoms with Gasteiger partial charge in [0, 0.05) is 45.8 Å². The van der Waals surface area contributed by atoms with Crippen molar-refractivity contribution >= 4 is 29.9 Å². The Morgan fingerprint density at radius 3 is 2.50 bits per heavy atom. The van der Waals surface area contributed by atoms with Gasteiger partial charge in [0.2, 0.25) is 0 Å². The third-order valence-electron chi connectivity index (χ3n) is 5.12. The standard InChI is InChI=1S/C21H36FN5.HI/c1-6-23-21(25-18(4)19-8-7-17(3)20(22)13-19)24-14-16(2)15-27-11-9-26(5)10-12-27;/h7-8,13,16,18H,6,9-12,14-15H2,1-5H3,(H2,23,24,25);1H. The molecule has 1 saturated heterocycles. The number of likely N-dealkylation sites (N-methyl/N-ethyl adjacent to an activating group) is 1. The number of hydrogen-bond donors (Lipinski definition) is 2. The largest absolute Gasteiger partial charge is 0.357 e. The van der Waals surface area contributed by atoms with Crippen LogP contribution in [0.2, 0.25) is 0 Å². The van der Waals surface area contributed by atoms with Crippen molar-refractivity contribution in [3.8, 4) is 0 Å². The summed E-state index contributed by atoms with van der Waals surface area (Å²) in [5, 5.41) is 6.70. The zero-order valence-electron chi connectivity index (χ0n) is 18.0. The zero-order chi connectivity index (χ0) is 19.8. The molecule has 0 bridgehead atoms. The number of halogens is 2. The van der Waals surface area contributed by atoms with Gasteiger partial charge in [0.15, 0.2) is 5.96 Å². The van der Waals surface area contributed by atoms with Gasteiger partial charge in [-0.3, -0.25) is 4.99 Å². The molecule has 2 rings (SSSR count). The average Bonchev–Trinajstić information content (AvgIpc) is 2.64. The Morgan fingerprint density at radius 1 is 1.21 bits per heavy atom. The Balaban J connectivity index is 0.00000392. The summed E-state index contributed by atoms with van der Waals surface area (Å²) in [4.78, 5) is 9.67. The molecule has 28 heavy (non-hydrogen) atoms. The minimum Gasteiger partial charge on any atom is -0.357 e. The van der Waals surface area contributed by atoms with Gasteiger partial charge in [0.05, 0.1) is 6.04 Å². The molecular formula is C21H37FIN5. The number of hydrogen-bond acceptors (Lipinski definition) is 3. The van der Waals surface area contributed by atoms with Gasteiger partial charge in [-0.05, 0) is 50.9 Å². The highest BCUT2D eigenvalue weighted by Crippen LogP contribution is 2.16. The number of benzene rings is 1. The molecule has 1 aromatic carbocycles. The van der Waals surface area contributed by atoms with Crippen LogP contribution in [0.3, 0.4) is 0 Å². The van der Waals surface area contributed by atoms with Gasteiger partial charge in [0.1, 0.15) is 5.82 Å². The van der Waals surface area contributed by atoms with Crippen LogP contribution in [0.25, 0.3) is 0 Å². The van der Waals surface area contributed by atoms with Gasteiger partial charge < -0.3 is 20.4 Å². The van der Waals surface area contributed by atoms with E-state index in [2.05, 4.69) is 41.3 Å². The van der Waals surface area contributed by atoms with Crippen LogP contribution in [0.5, 0.6) is 0 Å². The highest BCUT2D eigenvalue weighted by molar-refractivity contribution is 14.0. The first-order valence-corrected chi connectivity index (χ1v) is 10.1. The van der Waals surface area contributed by atoms with Crippen LogP contribution in [-0.2, 0) is 0 Å². The molecule has 0 aromatic heterocycles. The van der Waals surface area contributed by atoms with Crippen molar-refractivity contribution in [2.45, 2.75) is 33.7 Å². The topological polar surface area (TPSA) is 42.9 Å². The minimum absolute atomic E-state index is 0. The molecule has 1 heterocycles. The molecule has 7 heteroatoms. The second-order valence-corrected chi connectivity index (χ2v) is 7.80. The summed E-state index contributed by atoms with van der Waals surface area (Å²) in [6.07, 6.45) is 0. The summed E-state index contributed by atoms with van der Waals surface area (Å²) in [6.45, 7) is 15.3. The lowest BCUT2D eigenvalue weighted by Gasteiger charge is -2.33. The van der Waals surface area contributed by atoms with Gasteiger partial charge in [-0.15, -0.1) is 24.0 Å². The molecule has 160 valence electrons. The van der Waals surface area contributed by atoms with Gasteiger partial charge in [0.25, 0.3) is 0 Å². The number of piperazine rings is 1. The highest BCUT2D eigenvalue weighted by atomic mass is 127. The van der Waals surface area contributed by atoms with E-state index in [9.17, 15) is 4.39 Å². The summed E-state index contributed by atoms with van der Waals surface area (Å²) < 4.78 is 13.8. The summed E-state index contributed by atoms with van der Waals surface area (Å²) in [5.41, 5.74) is 1.60. The number of nitrogens with zero attached hydrogens (tertiary/aromatic N) is 3. The molecule has 2 unspecified atom stereocenters. The summed E-state index contributed by atoms with van der Waals surface area (Å²) in [6, 6.07) is 5.39. The van der Waals surface area contributed by atoms with Crippen molar-refractivity contribution in [1.29, 1.82) is 0 Å². The first-order valence-electron chi connectivity index (χ1n) is 10.1. The van der Waals surface area contributed by atoms with Gasteiger partial charge in [-0.1, -0.05) is 19.1 Å². The van der Waals surface area contributed by atoms with Gasteiger partial charge in [-0.2, -0.15) is 0 Å². The molecule has 0 aliphatic carbocycles. The number of guanidine groups is 1. The maximum Gasteiger partial charge on any atom is 0.191 e. The molecule has 1 aliphatic heterocycles. The molecule has 1 aromatic rings. The fraction of sp³-hybridized carbons (Fsp3) is 0.667. The van der Waals surface area contributed by atoms with Crippen LogP contribution in [0, 0.1) is 18.7 Å². The smallest absolute Gasteiger partial charge is 0.191 e. The second kappa shape index (κ2) is 12.6. The molecule has 0 radical (unpaired) electrons. The van der Waals surface area contributed by atoms with Crippen molar-refractivity contribution in [2.24, 2.45) is 10.9 Å². The fourth-order valence-electron chi connectivity index (χ4n) is 3.26. The Labute approximate surface area is 187 Å². The number of rotatable bonds is 7. The Morgan fingerprint density at radius 2 is 1.89 bits per heavy atom. The molecular weight excluding hydrogens is 468 g/mol. The molecule has 0 saturated carbocycles. The van der Waals surface area contributed by atoms with E-state index in [0.29, 0.717) is 11.5 Å². The quantitative estimate of drug-likeness (QED) is 0.339. The normalized spacial score (nSPS) is 18.3. The van der Waals surface area contributed by atoms with E-state index in [1.807, 2.05) is 19.1 Å². The Hall–Kier alpha value is -0.930. The van der Waals surface area contributed by atoms with Gasteiger partial charge in [-0.25, -0.2) is 4.39 Å². The highest BCUT2D eigenvalue weighted by Gasteiger charge is 2.16. The average molecular weight is 505 g/mol. The molecule has 2 N–H and O–H groups in total. The van der Waals surface area contributed by atoms with Crippen molar-refractivity contribution in [3.05, 3.63) is 35.1 Å². The molecule has 0 amide bonds. The van der Waals surface area contributed by atoms with Crippen molar-refractivity contribution < 1.29 is 4.39 Å². The van der Waals surface area contributed by atoms with E-state index in [0.717, 1.165) is 57.3 Å². The molecule has 2 atom stereocenters. The van der Waals surface area contributed by atoms with Crippen molar-refractivity contribution in [2.75, 3.05) is 52.9 Å². The lowest BCUT2D eigenvalue weighted by atomic mass is 10.1. The van der Waals surface area contributed by atoms with Crippen LogP contribution in [0.4, 0.5) is 4.39 Å². The van der Waals surface area contributed by atoms with Crippen molar-refractivity contribution in [3.63, 3.8) is 0 Å². The lowest BCUT2D eigenvalue weighted by Crippen LogP contribution is -2.46. The van der Waals surface area contributed by atoms with Crippen molar-refractivity contribution in [1.82, 2.24) is 20.4 Å². The SMILES string of the molecule is CCNC(=NCC(C)CN1CCN(C)CC1)NC(C)c1ccc(C)c(F)c1.I. The third-order valence-corrected chi connectivity index (χ3v) is 5.12. The maximum atomic E-state index is 13.8. The van der Waals surface area contributed by atoms with Gasteiger partial charge >= 0.3 is 0 Å². The summed E-state index contributed by atoms with van der Waals surface area (Å²) in [7, 11) is 2.18. The first-order chi connectivity index (χ1) is 12.9. The monoisotopic (exact) mass is 505 g/mol. The zero-order valence-corrected chi connectivity index (χ0v) is 20.3. The van der Waals surface area contributed by atoms with E-state index in [1.165, 1.54) is 0 Å². The van der Waals surface area contributed by atoms with E-state index in [-0.39, 0.29) is 35.8 Å². The molecule has 1 fully saturated rings.